The van der Waals surface area contributed by atoms with E-state index < -0.39 is 8.32 Å². The van der Waals surface area contributed by atoms with E-state index in [0.717, 1.165) is 56.7 Å². The summed E-state index contributed by atoms with van der Waals surface area (Å²) in [5.41, 5.74) is 2.53. The van der Waals surface area contributed by atoms with Crippen LogP contribution in [-0.2, 0) is 10.8 Å². The van der Waals surface area contributed by atoms with Gasteiger partial charge in [-0.25, -0.2) is 0 Å². The minimum atomic E-state index is -1.79. The van der Waals surface area contributed by atoms with E-state index in [4.69, 9.17) is 13.6 Å². The molecule has 0 bridgehead atoms. The summed E-state index contributed by atoms with van der Waals surface area (Å²) in [4.78, 5) is 13.4. The third-order valence-electron chi connectivity index (χ3n) is 10.7. The fraction of sp³-hybridized carbons (Fsp3) is 0.774. The number of rotatable bonds is 11. The molecule has 5 nitrogen and oxygen atoms in total. The van der Waals surface area contributed by atoms with Gasteiger partial charge in [-0.05, 0) is 99.6 Å². The van der Waals surface area contributed by atoms with E-state index in [9.17, 15) is 9.90 Å². The number of aliphatic hydroxyl groups excluding tert-OH is 1. The van der Waals surface area contributed by atoms with Crippen LogP contribution in [0.4, 0.5) is 0 Å². The normalized spacial score (nSPS) is 30.3. The molecule has 0 radical (unpaired) electrons. The second-order valence-corrected chi connectivity index (χ2v) is 17.0. The monoisotopic (exact) mass is 532 g/mol. The molecule has 0 aromatic carbocycles. The zero-order valence-electron chi connectivity index (χ0n) is 24.8. The Bertz CT molecular complexity index is 1000. The molecular formula is C31H52O5Si. The van der Waals surface area contributed by atoms with Gasteiger partial charge in [0.1, 0.15) is 5.76 Å². The summed E-state index contributed by atoms with van der Waals surface area (Å²) in [5.74, 6) is 1.56. The molecule has 37 heavy (non-hydrogen) atoms. The molecule has 6 heteroatoms. The number of hydrogen-bond donors (Lipinski definition) is 1. The lowest BCUT2D eigenvalue weighted by molar-refractivity contribution is -0.132. The van der Waals surface area contributed by atoms with Gasteiger partial charge >= 0.3 is 0 Å². The average Bonchev–Trinajstić information content (AvgIpc) is 2.89. The molecule has 1 aromatic heterocycles. The Morgan fingerprint density at radius 1 is 1.14 bits per heavy atom. The molecule has 1 N–H and O–H groups in total. The van der Waals surface area contributed by atoms with Gasteiger partial charge in [0.05, 0.1) is 18.8 Å². The molecule has 2 saturated carbocycles. The maximum atomic E-state index is 13.4. The lowest BCUT2D eigenvalue weighted by atomic mass is 9.45. The van der Waals surface area contributed by atoms with Crippen molar-refractivity contribution in [2.24, 2.45) is 22.7 Å². The van der Waals surface area contributed by atoms with Crippen LogP contribution in [0.3, 0.4) is 0 Å². The van der Waals surface area contributed by atoms with Crippen molar-refractivity contribution in [3.63, 3.8) is 0 Å². The van der Waals surface area contributed by atoms with Crippen LogP contribution in [-0.4, -0.2) is 33.2 Å². The van der Waals surface area contributed by atoms with Crippen LogP contribution in [0.1, 0.15) is 90.0 Å². The molecule has 0 unspecified atom stereocenters. The number of aryl methyl sites for hydroxylation is 1. The minimum Gasteiger partial charge on any atom is -0.468 e. The van der Waals surface area contributed by atoms with Gasteiger partial charge in [0, 0.05) is 12.2 Å². The van der Waals surface area contributed by atoms with Crippen LogP contribution in [0.15, 0.2) is 21.4 Å². The molecule has 0 saturated heterocycles. The van der Waals surface area contributed by atoms with Crippen LogP contribution in [0.2, 0.25) is 18.1 Å². The van der Waals surface area contributed by atoms with Crippen molar-refractivity contribution >= 4 is 8.32 Å². The highest BCUT2D eigenvalue weighted by atomic mass is 28.4. The first-order valence-electron chi connectivity index (χ1n) is 14.6. The van der Waals surface area contributed by atoms with E-state index in [1.807, 2.05) is 13.8 Å². The lowest BCUT2D eigenvalue weighted by Crippen LogP contribution is -2.59. The van der Waals surface area contributed by atoms with Crippen LogP contribution in [0.5, 0.6) is 5.95 Å². The fourth-order valence-electron chi connectivity index (χ4n) is 7.94. The molecule has 2 aliphatic carbocycles. The highest BCUT2D eigenvalue weighted by Crippen LogP contribution is 2.63. The molecule has 0 spiro atoms. The first-order chi connectivity index (χ1) is 17.5. The van der Waals surface area contributed by atoms with Crippen molar-refractivity contribution in [3.05, 3.63) is 39.3 Å². The Morgan fingerprint density at radius 2 is 1.78 bits per heavy atom. The molecule has 1 heterocycles. The third-order valence-corrected chi connectivity index (χ3v) is 15.4. The van der Waals surface area contributed by atoms with Gasteiger partial charge in [0.2, 0.25) is 0 Å². The van der Waals surface area contributed by atoms with Crippen LogP contribution in [0.25, 0.3) is 0 Å². The van der Waals surface area contributed by atoms with Crippen molar-refractivity contribution in [2.75, 3.05) is 13.7 Å². The zero-order valence-corrected chi connectivity index (χ0v) is 25.8. The Balaban J connectivity index is 2.05. The topological polar surface area (TPSA) is 68.9 Å². The van der Waals surface area contributed by atoms with E-state index in [2.05, 4.69) is 41.2 Å². The Kier molecular flexibility index (Phi) is 9.61. The molecule has 0 amide bonds. The number of hydrogen-bond acceptors (Lipinski definition) is 5. The second kappa shape index (κ2) is 11.8. The van der Waals surface area contributed by atoms with Gasteiger partial charge in [0.15, 0.2) is 13.7 Å². The molecule has 3 rings (SSSR count). The zero-order chi connectivity index (χ0) is 27.6. The Labute approximate surface area is 226 Å². The predicted octanol–water partition coefficient (Wildman–Crippen LogP) is 7.36. The Morgan fingerprint density at radius 3 is 2.35 bits per heavy atom. The Hall–Kier alpha value is -1.37. The summed E-state index contributed by atoms with van der Waals surface area (Å²) in [6, 6.07) is 3.45. The van der Waals surface area contributed by atoms with Gasteiger partial charge < -0.3 is 18.7 Å². The van der Waals surface area contributed by atoms with Crippen molar-refractivity contribution in [1.82, 2.24) is 0 Å². The second-order valence-electron chi connectivity index (χ2n) is 12.3. The summed E-state index contributed by atoms with van der Waals surface area (Å²) in [6.45, 7) is 20.2. The molecule has 2 fully saturated rings. The van der Waals surface area contributed by atoms with Gasteiger partial charge in [-0.2, -0.15) is 0 Å². The largest absolute Gasteiger partial charge is 0.468 e. The third kappa shape index (κ3) is 5.40. The first-order valence-corrected chi connectivity index (χ1v) is 17.1. The summed E-state index contributed by atoms with van der Waals surface area (Å²) in [6.07, 6.45) is 6.70. The van der Waals surface area contributed by atoms with Crippen LogP contribution >= 0.6 is 0 Å². The highest BCUT2D eigenvalue weighted by molar-refractivity contribution is 6.73. The number of methoxy groups -OCH3 is 1. The average molecular weight is 533 g/mol. The van der Waals surface area contributed by atoms with Crippen LogP contribution < -0.4 is 10.2 Å². The van der Waals surface area contributed by atoms with Crippen molar-refractivity contribution in [1.29, 1.82) is 0 Å². The lowest BCUT2D eigenvalue weighted by Gasteiger charge is -2.62. The van der Waals surface area contributed by atoms with Gasteiger partial charge in [-0.3, -0.25) is 4.79 Å². The van der Waals surface area contributed by atoms with Crippen molar-refractivity contribution < 1.29 is 18.7 Å². The quantitative estimate of drug-likeness (QED) is 0.238. The summed E-state index contributed by atoms with van der Waals surface area (Å²) >= 11 is 0. The summed E-state index contributed by atoms with van der Waals surface area (Å²) < 4.78 is 18.7. The maximum Gasteiger partial charge on any atom is 0.291 e. The maximum absolute atomic E-state index is 13.4. The first kappa shape index (κ1) is 30.2. The van der Waals surface area contributed by atoms with Gasteiger partial charge in [0.25, 0.3) is 5.95 Å². The van der Waals surface area contributed by atoms with Crippen molar-refractivity contribution in [3.8, 4) is 5.95 Å². The van der Waals surface area contributed by atoms with E-state index >= 15 is 0 Å². The van der Waals surface area contributed by atoms with E-state index in [1.54, 1.807) is 7.11 Å². The van der Waals surface area contributed by atoms with E-state index in [0.29, 0.717) is 35.2 Å². The number of fused-ring (bicyclic) bond motifs is 1. The minimum absolute atomic E-state index is 0.00942. The molecule has 0 aliphatic heterocycles. The molecular weight excluding hydrogens is 480 g/mol. The molecule has 210 valence electrons. The SMILES string of the molecule is C=C1CC[C@@H]2[C@](C)(CC[C@@H](O[Si](CC)(CC)CC)[C@@]2(C)CCCO)[C@@H]1Cc1c(OC)oc(C)c(C)c1=O. The molecule has 2 aliphatic rings. The number of aliphatic hydroxyl groups is 1. The van der Waals surface area contributed by atoms with E-state index in [-0.39, 0.29) is 34.9 Å². The van der Waals surface area contributed by atoms with Crippen molar-refractivity contribution in [2.45, 2.75) is 118 Å². The molecule has 1 aromatic rings. The number of ether oxygens (including phenoxy) is 1. The van der Waals surface area contributed by atoms with E-state index in [1.165, 1.54) is 5.57 Å². The smallest absolute Gasteiger partial charge is 0.291 e. The standard InChI is InChI=1S/C31H52O5Si/c1-10-37(11-2,12-3)36-27-16-18-30(7)25(20-24-28(33)22(5)23(6)35-29(24)34-9)21(4)14-15-26(30)31(27,8)17-13-19-32/h25-27,32H,4,10-20H2,1-3,5-9H3/t25-,26-,27-,30-,31+/m1/s1. The summed E-state index contributed by atoms with van der Waals surface area (Å²) in [7, 11) is -0.207. The van der Waals surface area contributed by atoms with Crippen LogP contribution in [0, 0.1) is 36.5 Å². The van der Waals surface area contributed by atoms with Gasteiger partial charge in [-0.1, -0.05) is 46.8 Å². The number of allylic oxidation sites excluding steroid dienone is 1. The molecule has 5 atom stereocenters. The van der Waals surface area contributed by atoms with Gasteiger partial charge in [-0.15, -0.1) is 0 Å². The highest BCUT2D eigenvalue weighted by Gasteiger charge is 2.59. The summed E-state index contributed by atoms with van der Waals surface area (Å²) in [5, 5.41) is 9.85. The fourth-order valence-corrected chi connectivity index (χ4v) is 10.9. The predicted molar refractivity (Wildman–Crippen MR) is 154 cm³/mol.